The molecule has 1 aromatic carbocycles. The highest BCUT2D eigenvalue weighted by Gasteiger charge is 2.34. The molecule has 0 unspecified atom stereocenters. The van der Waals surface area contributed by atoms with Crippen LogP contribution in [0.25, 0.3) is 0 Å². The van der Waals surface area contributed by atoms with Crippen LogP contribution in [0.15, 0.2) is 30.4 Å². The first-order chi connectivity index (χ1) is 9.88. The minimum Gasteiger partial charge on any atom is -0.489 e. The number of hydrogen-bond donors (Lipinski definition) is 0. The Morgan fingerprint density at radius 3 is 2.71 bits per heavy atom. The van der Waals surface area contributed by atoms with Gasteiger partial charge in [0.05, 0.1) is 23.8 Å². The van der Waals surface area contributed by atoms with E-state index in [-0.39, 0.29) is 18.8 Å². The van der Waals surface area contributed by atoms with Crippen LogP contribution in [0.2, 0.25) is 0 Å². The molecule has 21 heavy (non-hydrogen) atoms. The first-order valence-electron chi connectivity index (χ1n) is 5.96. The number of nitriles is 1. The van der Waals surface area contributed by atoms with E-state index >= 15 is 0 Å². The van der Waals surface area contributed by atoms with Crippen LogP contribution in [-0.2, 0) is 15.7 Å². The normalized spacial score (nSPS) is 11.2. The molecule has 1 aromatic rings. The quantitative estimate of drug-likeness (QED) is 0.619. The van der Waals surface area contributed by atoms with E-state index in [4.69, 9.17) is 10.00 Å². The minimum atomic E-state index is -4.63. The van der Waals surface area contributed by atoms with Crippen molar-refractivity contribution in [2.75, 3.05) is 13.2 Å². The zero-order chi connectivity index (χ0) is 15.9. The average Bonchev–Trinajstić information content (AvgIpc) is 2.43. The summed E-state index contributed by atoms with van der Waals surface area (Å²) < 4.78 is 48.0. The molecule has 0 fully saturated rings. The molecule has 4 nitrogen and oxygen atoms in total. The Hall–Kier alpha value is -2.49. The highest BCUT2D eigenvalue weighted by molar-refractivity contribution is 5.81. The summed E-state index contributed by atoms with van der Waals surface area (Å²) in [5, 5.41) is 8.62. The molecule has 0 atom stereocenters. The molecule has 0 saturated carbocycles. The van der Waals surface area contributed by atoms with Crippen molar-refractivity contribution in [2.24, 2.45) is 0 Å². The number of carbonyl (C=O) groups excluding carboxylic acids is 1. The summed E-state index contributed by atoms with van der Waals surface area (Å²) in [6.45, 7) is 1.61. The fraction of sp³-hybridized carbons (Fsp3) is 0.286. The summed E-state index contributed by atoms with van der Waals surface area (Å²) in [5.41, 5.74) is -1.15. The molecule has 1 rings (SSSR count). The number of alkyl halides is 3. The van der Waals surface area contributed by atoms with Crippen LogP contribution in [0.5, 0.6) is 5.75 Å². The number of nitrogens with zero attached hydrogens (tertiary/aromatic N) is 1. The van der Waals surface area contributed by atoms with E-state index in [0.717, 1.165) is 12.1 Å². The number of rotatable bonds is 5. The smallest absolute Gasteiger partial charge is 0.420 e. The van der Waals surface area contributed by atoms with Crippen LogP contribution in [0.1, 0.15) is 18.1 Å². The van der Waals surface area contributed by atoms with Crippen molar-refractivity contribution in [2.45, 2.75) is 13.1 Å². The largest absolute Gasteiger partial charge is 0.489 e. The molecule has 0 N–H and O–H groups in total. The predicted molar refractivity (Wildman–Crippen MR) is 67.4 cm³/mol. The summed E-state index contributed by atoms with van der Waals surface area (Å²) in [7, 11) is 0. The number of carbonyl (C=O) groups is 1. The minimum absolute atomic E-state index is 0.114. The van der Waals surface area contributed by atoms with Gasteiger partial charge >= 0.3 is 12.1 Å². The van der Waals surface area contributed by atoms with Gasteiger partial charge in [-0.05, 0) is 31.2 Å². The monoisotopic (exact) mass is 299 g/mol. The maximum Gasteiger partial charge on any atom is 0.420 e. The average molecular weight is 299 g/mol. The van der Waals surface area contributed by atoms with Gasteiger partial charge in [0.25, 0.3) is 0 Å². The van der Waals surface area contributed by atoms with Gasteiger partial charge in [0.15, 0.2) is 0 Å². The molecular formula is C14H12F3NO3. The number of ether oxygens (including phenoxy) is 2. The molecule has 7 heteroatoms. The number of halogens is 3. The van der Waals surface area contributed by atoms with Crippen molar-refractivity contribution < 1.29 is 27.4 Å². The number of benzene rings is 1. The van der Waals surface area contributed by atoms with E-state index in [1.54, 1.807) is 13.0 Å². The van der Waals surface area contributed by atoms with Crippen molar-refractivity contribution in [1.29, 1.82) is 5.26 Å². The number of hydrogen-bond acceptors (Lipinski definition) is 4. The molecule has 0 aliphatic carbocycles. The summed E-state index contributed by atoms with van der Waals surface area (Å²) >= 11 is 0. The Morgan fingerprint density at radius 2 is 2.14 bits per heavy atom. The lowest BCUT2D eigenvalue weighted by Gasteiger charge is -2.13. The Morgan fingerprint density at radius 1 is 1.43 bits per heavy atom. The zero-order valence-corrected chi connectivity index (χ0v) is 11.1. The Labute approximate surface area is 119 Å². The summed E-state index contributed by atoms with van der Waals surface area (Å²) in [4.78, 5) is 11.0. The van der Waals surface area contributed by atoms with Gasteiger partial charge in [-0.3, -0.25) is 0 Å². The molecule has 0 saturated heterocycles. The first kappa shape index (κ1) is 16.6. The van der Waals surface area contributed by atoms with E-state index in [1.807, 2.05) is 0 Å². The van der Waals surface area contributed by atoms with Gasteiger partial charge in [-0.15, -0.1) is 0 Å². The van der Waals surface area contributed by atoms with Crippen LogP contribution in [-0.4, -0.2) is 19.2 Å². The van der Waals surface area contributed by atoms with Gasteiger partial charge < -0.3 is 9.47 Å². The predicted octanol–water partition coefficient (Wildman–Crippen LogP) is 3.08. The zero-order valence-electron chi connectivity index (χ0n) is 11.1. The van der Waals surface area contributed by atoms with Crippen molar-refractivity contribution in [3.8, 4) is 11.8 Å². The Kier molecular flexibility index (Phi) is 5.79. The molecule has 0 spiro atoms. The second kappa shape index (κ2) is 7.33. The van der Waals surface area contributed by atoms with Gasteiger partial charge in [-0.25, -0.2) is 4.79 Å². The van der Waals surface area contributed by atoms with Crippen LogP contribution >= 0.6 is 0 Å². The molecule has 0 bridgehead atoms. The lowest BCUT2D eigenvalue weighted by atomic mass is 10.1. The van der Waals surface area contributed by atoms with E-state index in [0.29, 0.717) is 6.07 Å². The van der Waals surface area contributed by atoms with E-state index in [1.165, 1.54) is 12.1 Å². The third kappa shape index (κ3) is 5.18. The molecule has 0 radical (unpaired) electrons. The van der Waals surface area contributed by atoms with E-state index < -0.39 is 23.5 Å². The lowest BCUT2D eigenvalue weighted by Crippen LogP contribution is -2.09. The van der Waals surface area contributed by atoms with Gasteiger partial charge in [0, 0.05) is 6.08 Å². The van der Waals surface area contributed by atoms with E-state index in [2.05, 4.69) is 4.74 Å². The van der Waals surface area contributed by atoms with Crippen molar-refractivity contribution in [3.05, 3.63) is 41.5 Å². The fourth-order valence-corrected chi connectivity index (χ4v) is 1.42. The highest BCUT2D eigenvalue weighted by Crippen LogP contribution is 2.36. The number of esters is 1. The van der Waals surface area contributed by atoms with Gasteiger partial charge in [-0.2, -0.15) is 18.4 Å². The molecule has 0 aliphatic heterocycles. The Balaban J connectivity index is 2.80. The van der Waals surface area contributed by atoms with Crippen LogP contribution in [0, 0.1) is 11.3 Å². The topological polar surface area (TPSA) is 59.3 Å². The second-order valence-corrected chi connectivity index (χ2v) is 3.79. The van der Waals surface area contributed by atoms with Crippen molar-refractivity contribution >= 4 is 5.97 Å². The highest BCUT2D eigenvalue weighted by atomic mass is 19.4. The van der Waals surface area contributed by atoms with Crippen LogP contribution in [0.3, 0.4) is 0 Å². The van der Waals surface area contributed by atoms with Gasteiger partial charge in [0.1, 0.15) is 12.4 Å². The molecule has 112 valence electrons. The molecule has 0 amide bonds. The summed E-state index contributed by atoms with van der Waals surface area (Å²) in [6.07, 6.45) is -2.32. The molecular weight excluding hydrogens is 287 g/mol. The maximum atomic E-state index is 12.8. The third-order valence-electron chi connectivity index (χ3n) is 2.29. The fourth-order valence-electron chi connectivity index (χ4n) is 1.42. The SMILES string of the molecule is CCOC(=O)/C=C/COc1ccc(C#N)cc1C(F)(F)F. The van der Waals surface area contributed by atoms with Crippen molar-refractivity contribution in [3.63, 3.8) is 0 Å². The Bertz CT molecular complexity index is 574. The lowest BCUT2D eigenvalue weighted by molar-refractivity contribution is -0.139. The molecule has 0 aliphatic rings. The molecule has 0 heterocycles. The second-order valence-electron chi connectivity index (χ2n) is 3.79. The standard InChI is InChI=1S/C14H12F3NO3/c1-2-20-13(19)4-3-7-21-12-6-5-10(9-18)8-11(12)14(15,16)17/h3-6,8H,2,7H2,1H3/b4-3+. The van der Waals surface area contributed by atoms with E-state index in [9.17, 15) is 18.0 Å². The van der Waals surface area contributed by atoms with Crippen LogP contribution < -0.4 is 4.74 Å². The molecule has 0 aromatic heterocycles. The van der Waals surface area contributed by atoms with Gasteiger partial charge in [-0.1, -0.05) is 0 Å². The third-order valence-corrected chi connectivity index (χ3v) is 2.29. The summed E-state index contributed by atoms with van der Waals surface area (Å²) in [5.74, 6) is -1.01. The summed E-state index contributed by atoms with van der Waals surface area (Å²) in [6, 6.07) is 4.64. The maximum absolute atomic E-state index is 12.8. The first-order valence-corrected chi connectivity index (χ1v) is 5.96. The van der Waals surface area contributed by atoms with Crippen LogP contribution in [0.4, 0.5) is 13.2 Å². The van der Waals surface area contributed by atoms with Gasteiger partial charge in [0.2, 0.25) is 0 Å². The van der Waals surface area contributed by atoms with Crippen molar-refractivity contribution in [1.82, 2.24) is 0 Å².